The van der Waals surface area contributed by atoms with Gasteiger partial charge in [0.05, 0.1) is 31.2 Å². The minimum atomic E-state index is -0.224. The third kappa shape index (κ3) is 3.68. The van der Waals surface area contributed by atoms with Crippen LogP contribution in [0, 0.1) is 0 Å². The highest BCUT2D eigenvalue weighted by molar-refractivity contribution is 7.99. The molecule has 9 heteroatoms. The zero-order valence-electron chi connectivity index (χ0n) is 14.4. The van der Waals surface area contributed by atoms with Gasteiger partial charge in [-0.25, -0.2) is 4.98 Å². The van der Waals surface area contributed by atoms with Gasteiger partial charge in [0.2, 0.25) is 5.91 Å². The van der Waals surface area contributed by atoms with Crippen molar-refractivity contribution < 1.29 is 14.3 Å². The lowest BCUT2D eigenvalue weighted by molar-refractivity contribution is -0.113. The second-order valence-corrected chi connectivity index (χ2v) is 7.16. The SMILES string of the molecule is COc1ccc(NC(=O)CSc2nc3ccsc3c(=O)n2C)c(OC)c1. The van der Waals surface area contributed by atoms with Gasteiger partial charge in [-0.05, 0) is 23.6 Å². The first-order valence-electron chi connectivity index (χ1n) is 7.62. The second kappa shape index (κ2) is 7.79. The predicted molar refractivity (Wildman–Crippen MR) is 104 cm³/mol. The van der Waals surface area contributed by atoms with Gasteiger partial charge in [-0.1, -0.05) is 11.8 Å². The van der Waals surface area contributed by atoms with Crippen LogP contribution in [-0.2, 0) is 11.8 Å². The van der Waals surface area contributed by atoms with Crippen LogP contribution in [0.3, 0.4) is 0 Å². The Kier molecular flexibility index (Phi) is 5.48. The lowest BCUT2D eigenvalue weighted by Crippen LogP contribution is -2.20. The summed E-state index contributed by atoms with van der Waals surface area (Å²) in [7, 11) is 4.74. The average molecular weight is 391 g/mol. The van der Waals surface area contributed by atoms with Crippen LogP contribution < -0.4 is 20.3 Å². The van der Waals surface area contributed by atoms with Gasteiger partial charge in [0.25, 0.3) is 5.56 Å². The van der Waals surface area contributed by atoms with E-state index in [0.29, 0.717) is 32.6 Å². The Hall–Kier alpha value is -2.52. The maximum atomic E-state index is 12.3. The summed E-state index contributed by atoms with van der Waals surface area (Å²) in [5, 5.41) is 5.12. The summed E-state index contributed by atoms with van der Waals surface area (Å²) >= 11 is 2.57. The van der Waals surface area contributed by atoms with Gasteiger partial charge < -0.3 is 14.8 Å². The molecule has 0 fully saturated rings. The Morgan fingerprint density at radius 2 is 2.12 bits per heavy atom. The minimum Gasteiger partial charge on any atom is -0.497 e. The first kappa shape index (κ1) is 18.3. The molecule has 0 aliphatic rings. The number of nitrogens with one attached hydrogen (secondary N) is 1. The van der Waals surface area contributed by atoms with Crippen LogP contribution >= 0.6 is 23.1 Å². The van der Waals surface area contributed by atoms with Gasteiger partial charge in [0.15, 0.2) is 5.16 Å². The first-order chi connectivity index (χ1) is 12.5. The van der Waals surface area contributed by atoms with Crippen molar-refractivity contribution in [2.24, 2.45) is 7.05 Å². The molecule has 0 aliphatic heterocycles. The van der Waals surface area contributed by atoms with E-state index in [2.05, 4.69) is 10.3 Å². The number of amides is 1. The highest BCUT2D eigenvalue weighted by Crippen LogP contribution is 2.29. The molecule has 0 radical (unpaired) electrons. The molecular formula is C17H17N3O4S2. The summed E-state index contributed by atoms with van der Waals surface area (Å²) in [5.41, 5.74) is 1.09. The van der Waals surface area contributed by atoms with E-state index in [0.717, 1.165) is 0 Å². The van der Waals surface area contributed by atoms with Crippen molar-refractivity contribution in [1.29, 1.82) is 0 Å². The average Bonchev–Trinajstić information content (AvgIpc) is 3.12. The maximum absolute atomic E-state index is 12.3. The highest BCUT2D eigenvalue weighted by Gasteiger charge is 2.13. The van der Waals surface area contributed by atoms with E-state index >= 15 is 0 Å². The van der Waals surface area contributed by atoms with Crippen LogP contribution in [0.15, 0.2) is 39.6 Å². The molecule has 136 valence electrons. The first-order valence-corrected chi connectivity index (χ1v) is 9.49. The van der Waals surface area contributed by atoms with Crippen LogP contribution in [0.1, 0.15) is 0 Å². The zero-order chi connectivity index (χ0) is 18.7. The van der Waals surface area contributed by atoms with Crippen LogP contribution in [0.5, 0.6) is 11.5 Å². The normalized spacial score (nSPS) is 10.7. The monoisotopic (exact) mass is 391 g/mol. The van der Waals surface area contributed by atoms with Crippen LogP contribution in [-0.4, -0.2) is 35.4 Å². The second-order valence-electron chi connectivity index (χ2n) is 5.30. The smallest absolute Gasteiger partial charge is 0.271 e. The lowest BCUT2D eigenvalue weighted by atomic mass is 10.2. The number of thiophene rings is 1. The fourth-order valence-electron chi connectivity index (χ4n) is 2.32. The topological polar surface area (TPSA) is 82.5 Å². The zero-order valence-corrected chi connectivity index (χ0v) is 16.1. The van der Waals surface area contributed by atoms with Crippen molar-refractivity contribution >= 4 is 44.9 Å². The molecule has 1 N–H and O–H groups in total. The van der Waals surface area contributed by atoms with Gasteiger partial charge in [0, 0.05) is 13.1 Å². The Balaban J connectivity index is 1.72. The molecule has 0 atom stereocenters. The predicted octanol–water partition coefficient (Wildman–Crippen LogP) is 2.74. The number of rotatable bonds is 6. The molecule has 0 unspecified atom stereocenters. The van der Waals surface area contributed by atoms with E-state index in [9.17, 15) is 9.59 Å². The molecule has 2 heterocycles. The number of carbonyl (C=O) groups excluding carboxylic acids is 1. The lowest BCUT2D eigenvalue weighted by Gasteiger charge is -2.12. The third-order valence-electron chi connectivity index (χ3n) is 3.66. The van der Waals surface area contributed by atoms with E-state index in [1.807, 2.05) is 5.38 Å². The summed E-state index contributed by atoms with van der Waals surface area (Å²) < 4.78 is 12.5. The van der Waals surface area contributed by atoms with E-state index in [1.165, 1.54) is 34.8 Å². The number of nitrogens with zero attached hydrogens (tertiary/aromatic N) is 2. The third-order valence-corrected chi connectivity index (χ3v) is 5.58. The molecule has 2 aromatic heterocycles. The van der Waals surface area contributed by atoms with Crippen molar-refractivity contribution in [3.8, 4) is 11.5 Å². The van der Waals surface area contributed by atoms with Crippen molar-refractivity contribution in [3.63, 3.8) is 0 Å². The Morgan fingerprint density at radius 1 is 1.31 bits per heavy atom. The van der Waals surface area contributed by atoms with E-state index in [4.69, 9.17) is 9.47 Å². The van der Waals surface area contributed by atoms with Crippen molar-refractivity contribution in [2.75, 3.05) is 25.3 Å². The maximum Gasteiger partial charge on any atom is 0.271 e. The largest absolute Gasteiger partial charge is 0.497 e. The van der Waals surface area contributed by atoms with Crippen molar-refractivity contribution in [2.45, 2.75) is 5.16 Å². The van der Waals surface area contributed by atoms with Crippen molar-refractivity contribution in [3.05, 3.63) is 40.0 Å². The van der Waals surface area contributed by atoms with Gasteiger partial charge in [0.1, 0.15) is 16.2 Å². The molecular weight excluding hydrogens is 374 g/mol. The standard InChI is InChI=1S/C17H17N3O4S2/c1-20-16(22)15-12(6-7-25-15)19-17(20)26-9-14(21)18-11-5-4-10(23-2)8-13(11)24-3/h4-8H,9H2,1-3H3,(H,18,21). The molecule has 1 aromatic carbocycles. The number of carbonyl (C=O) groups is 1. The van der Waals surface area contributed by atoms with E-state index < -0.39 is 0 Å². The summed E-state index contributed by atoms with van der Waals surface area (Å²) in [6.07, 6.45) is 0. The fourth-order valence-corrected chi connectivity index (χ4v) is 3.89. The van der Waals surface area contributed by atoms with E-state index in [1.54, 1.807) is 38.4 Å². The van der Waals surface area contributed by atoms with E-state index in [-0.39, 0.29) is 17.2 Å². The number of anilines is 1. The van der Waals surface area contributed by atoms with Crippen molar-refractivity contribution in [1.82, 2.24) is 9.55 Å². The summed E-state index contributed by atoms with van der Waals surface area (Å²) in [6, 6.07) is 6.94. The number of hydrogen-bond acceptors (Lipinski definition) is 7. The molecule has 1 amide bonds. The Morgan fingerprint density at radius 3 is 2.85 bits per heavy atom. The Labute approximate surface area is 158 Å². The van der Waals surface area contributed by atoms with Crippen LogP contribution in [0.2, 0.25) is 0 Å². The number of thioether (sulfide) groups is 1. The van der Waals surface area contributed by atoms with Gasteiger partial charge in [-0.15, -0.1) is 11.3 Å². The molecule has 0 saturated carbocycles. The summed E-state index contributed by atoms with van der Waals surface area (Å²) in [6.45, 7) is 0. The number of methoxy groups -OCH3 is 2. The number of ether oxygens (including phenoxy) is 2. The number of benzene rings is 1. The van der Waals surface area contributed by atoms with Gasteiger partial charge >= 0.3 is 0 Å². The van der Waals surface area contributed by atoms with Gasteiger partial charge in [-0.2, -0.15) is 0 Å². The molecule has 0 bridgehead atoms. The van der Waals surface area contributed by atoms with Crippen LogP contribution in [0.4, 0.5) is 5.69 Å². The quantitative estimate of drug-likeness (QED) is 0.514. The molecule has 0 aliphatic carbocycles. The molecule has 3 aromatic rings. The summed E-state index contributed by atoms with van der Waals surface area (Å²) in [5.74, 6) is 1.04. The summed E-state index contributed by atoms with van der Waals surface area (Å²) in [4.78, 5) is 29.0. The molecule has 26 heavy (non-hydrogen) atoms. The fraction of sp³-hybridized carbons (Fsp3) is 0.235. The molecule has 3 rings (SSSR count). The molecule has 7 nitrogen and oxygen atoms in total. The Bertz CT molecular complexity index is 1010. The molecule has 0 saturated heterocycles. The molecule has 0 spiro atoms. The highest BCUT2D eigenvalue weighted by atomic mass is 32.2. The van der Waals surface area contributed by atoms with Gasteiger partial charge in [-0.3, -0.25) is 14.2 Å². The number of fused-ring (bicyclic) bond motifs is 1. The van der Waals surface area contributed by atoms with Crippen LogP contribution in [0.25, 0.3) is 10.2 Å². The number of hydrogen-bond donors (Lipinski definition) is 1. The number of aromatic nitrogens is 2. The minimum absolute atomic E-state index is 0.107.